The molecule has 0 aromatic carbocycles. The van der Waals surface area contributed by atoms with Gasteiger partial charge in [0.05, 0.1) is 5.75 Å². The minimum Gasteiger partial charge on any atom is -0.331 e. The average molecular weight is 216 g/mol. The number of sulfone groups is 1. The molecule has 2 heterocycles. The summed E-state index contributed by atoms with van der Waals surface area (Å²) in [5.74, 6) is 0.0783. The molecule has 1 aliphatic rings. The fourth-order valence-corrected chi connectivity index (χ4v) is 3.30. The molecule has 1 aromatic rings. The lowest BCUT2D eigenvalue weighted by Crippen LogP contribution is -2.09. The van der Waals surface area contributed by atoms with E-state index < -0.39 is 15.1 Å². The Balaban J connectivity index is 2.35. The van der Waals surface area contributed by atoms with Crippen molar-refractivity contribution >= 4 is 16.1 Å². The Morgan fingerprint density at radius 1 is 1.50 bits per heavy atom. The van der Waals surface area contributed by atoms with Gasteiger partial charge in [-0.15, -0.1) is 0 Å². The number of hydrogen-bond donors (Lipinski definition) is 0. The van der Waals surface area contributed by atoms with Gasteiger partial charge < -0.3 is 4.52 Å². The molecule has 14 heavy (non-hydrogen) atoms. The molecule has 0 amide bonds. The van der Waals surface area contributed by atoms with Gasteiger partial charge in [0.25, 0.3) is 5.89 Å². The quantitative estimate of drug-likeness (QED) is 0.653. The van der Waals surface area contributed by atoms with Crippen LogP contribution in [0.2, 0.25) is 0 Å². The van der Waals surface area contributed by atoms with Gasteiger partial charge in [0.15, 0.2) is 15.7 Å². The number of aldehydes is 1. The Bertz CT molecular complexity index is 450. The maximum Gasteiger partial charge on any atom is 0.290 e. The highest BCUT2D eigenvalue weighted by molar-refractivity contribution is 7.91. The predicted molar refractivity (Wildman–Crippen MR) is 45.4 cm³/mol. The van der Waals surface area contributed by atoms with Crippen LogP contribution < -0.4 is 0 Å². The average Bonchev–Trinajstić information content (AvgIpc) is 2.70. The van der Waals surface area contributed by atoms with Crippen LogP contribution in [0.4, 0.5) is 0 Å². The van der Waals surface area contributed by atoms with Crippen molar-refractivity contribution in [1.29, 1.82) is 0 Å². The first kappa shape index (κ1) is 9.32. The van der Waals surface area contributed by atoms with Gasteiger partial charge in [-0.3, -0.25) is 4.79 Å². The topological polar surface area (TPSA) is 90.1 Å². The molecule has 6 nitrogen and oxygen atoms in total. The second kappa shape index (κ2) is 3.16. The highest BCUT2D eigenvalue weighted by Crippen LogP contribution is 2.32. The smallest absolute Gasteiger partial charge is 0.290 e. The molecular formula is C7H8N2O4S. The molecule has 1 unspecified atom stereocenters. The highest BCUT2D eigenvalue weighted by Gasteiger charge is 2.36. The molecule has 0 aliphatic carbocycles. The zero-order valence-electron chi connectivity index (χ0n) is 7.21. The van der Waals surface area contributed by atoms with Crippen LogP contribution in [0.25, 0.3) is 0 Å². The molecule has 1 atom stereocenters. The van der Waals surface area contributed by atoms with Gasteiger partial charge in [-0.2, -0.15) is 4.98 Å². The number of carbonyl (C=O) groups excluding carboxylic acids is 1. The Kier molecular flexibility index (Phi) is 2.10. The van der Waals surface area contributed by atoms with Crippen molar-refractivity contribution in [2.75, 3.05) is 5.75 Å². The number of hydrogen-bond acceptors (Lipinski definition) is 6. The van der Waals surface area contributed by atoms with E-state index in [1.54, 1.807) is 0 Å². The summed E-state index contributed by atoms with van der Waals surface area (Å²) in [5, 5.41) is 2.77. The predicted octanol–water partition coefficient (Wildman–Crippen LogP) is 0.132. The normalized spacial score (nSPS) is 25.0. The zero-order chi connectivity index (χ0) is 10.2. The SMILES string of the molecule is O=Cc1nc(C2CCCS2(=O)=O)no1. The summed E-state index contributed by atoms with van der Waals surface area (Å²) in [6, 6.07) is 0. The van der Waals surface area contributed by atoms with Crippen molar-refractivity contribution in [3.8, 4) is 0 Å². The molecule has 1 aliphatic heterocycles. The van der Waals surface area contributed by atoms with Crippen LogP contribution in [0.15, 0.2) is 4.52 Å². The van der Waals surface area contributed by atoms with Crippen molar-refractivity contribution in [1.82, 2.24) is 10.1 Å². The van der Waals surface area contributed by atoms with Crippen LogP contribution in [-0.2, 0) is 9.84 Å². The molecular weight excluding hydrogens is 208 g/mol. The van der Waals surface area contributed by atoms with Crippen LogP contribution in [0, 0.1) is 0 Å². The number of aromatic nitrogens is 2. The van der Waals surface area contributed by atoms with Crippen LogP contribution >= 0.6 is 0 Å². The lowest BCUT2D eigenvalue weighted by Gasteiger charge is -2.01. The van der Waals surface area contributed by atoms with E-state index in [0.29, 0.717) is 19.1 Å². The third-order valence-corrected chi connectivity index (χ3v) is 4.35. The van der Waals surface area contributed by atoms with Crippen LogP contribution in [0.1, 0.15) is 34.6 Å². The number of carbonyl (C=O) groups is 1. The van der Waals surface area contributed by atoms with Crippen LogP contribution in [0.5, 0.6) is 0 Å². The molecule has 76 valence electrons. The summed E-state index contributed by atoms with van der Waals surface area (Å²) >= 11 is 0. The Morgan fingerprint density at radius 2 is 2.29 bits per heavy atom. The molecule has 2 rings (SSSR count). The first-order chi connectivity index (χ1) is 6.63. The van der Waals surface area contributed by atoms with E-state index in [2.05, 4.69) is 14.7 Å². The first-order valence-corrected chi connectivity index (χ1v) is 5.85. The van der Waals surface area contributed by atoms with Crippen LogP contribution in [-0.4, -0.2) is 30.6 Å². The maximum absolute atomic E-state index is 11.4. The summed E-state index contributed by atoms with van der Waals surface area (Å²) in [6.45, 7) is 0. The van der Waals surface area contributed by atoms with E-state index in [1.807, 2.05) is 0 Å². The first-order valence-electron chi connectivity index (χ1n) is 4.14. The molecule has 0 N–H and O–H groups in total. The molecule has 0 saturated carbocycles. The molecule has 7 heteroatoms. The van der Waals surface area contributed by atoms with E-state index in [-0.39, 0.29) is 17.5 Å². The zero-order valence-corrected chi connectivity index (χ0v) is 8.03. The Morgan fingerprint density at radius 3 is 2.79 bits per heavy atom. The second-order valence-electron chi connectivity index (χ2n) is 3.11. The van der Waals surface area contributed by atoms with E-state index in [0.717, 1.165) is 0 Å². The highest BCUT2D eigenvalue weighted by atomic mass is 32.2. The van der Waals surface area contributed by atoms with Crippen molar-refractivity contribution in [3.05, 3.63) is 11.7 Å². The third kappa shape index (κ3) is 1.43. The number of nitrogens with zero attached hydrogens (tertiary/aromatic N) is 2. The minimum atomic E-state index is -3.14. The third-order valence-electron chi connectivity index (χ3n) is 2.17. The minimum absolute atomic E-state index is 0.101. The van der Waals surface area contributed by atoms with Gasteiger partial charge in [0.2, 0.25) is 6.29 Å². The van der Waals surface area contributed by atoms with E-state index in [4.69, 9.17) is 0 Å². The fraction of sp³-hybridized carbons (Fsp3) is 0.571. The van der Waals surface area contributed by atoms with Crippen LogP contribution in [0.3, 0.4) is 0 Å². The molecule has 0 radical (unpaired) electrons. The van der Waals surface area contributed by atoms with Gasteiger partial charge in [-0.05, 0) is 12.8 Å². The summed E-state index contributed by atoms with van der Waals surface area (Å²) in [6.07, 6.45) is 1.51. The standard InChI is InChI=1S/C7H8N2O4S/c10-4-6-8-7(9-13-6)5-2-1-3-14(5,11)12/h4-5H,1-3H2. The number of rotatable bonds is 2. The van der Waals surface area contributed by atoms with Gasteiger partial charge in [0.1, 0.15) is 5.25 Å². The van der Waals surface area contributed by atoms with Crippen molar-refractivity contribution < 1.29 is 17.7 Å². The molecule has 0 bridgehead atoms. The second-order valence-corrected chi connectivity index (χ2v) is 5.41. The van der Waals surface area contributed by atoms with E-state index >= 15 is 0 Å². The van der Waals surface area contributed by atoms with Gasteiger partial charge >= 0.3 is 0 Å². The lowest BCUT2D eigenvalue weighted by molar-refractivity contribution is 0.108. The summed E-state index contributed by atoms with van der Waals surface area (Å²) in [4.78, 5) is 13.9. The Labute approximate surface area is 80.2 Å². The molecule has 1 fully saturated rings. The Hall–Kier alpha value is -1.24. The van der Waals surface area contributed by atoms with E-state index in [1.165, 1.54) is 0 Å². The molecule has 0 spiro atoms. The molecule has 1 aromatic heterocycles. The lowest BCUT2D eigenvalue weighted by atomic mass is 10.2. The summed E-state index contributed by atoms with van der Waals surface area (Å²) < 4.78 is 27.4. The monoisotopic (exact) mass is 216 g/mol. The van der Waals surface area contributed by atoms with Gasteiger partial charge in [0, 0.05) is 0 Å². The van der Waals surface area contributed by atoms with Gasteiger partial charge in [-0.1, -0.05) is 5.16 Å². The van der Waals surface area contributed by atoms with Crippen molar-refractivity contribution in [3.63, 3.8) is 0 Å². The molecule has 1 saturated heterocycles. The van der Waals surface area contributed by atoms with E-state index in [9.17, 15) is 13.2 Å². The largest absolute Gasteiger partial charge is 0.331 e. The summed E-state index contributed by atoms with van der Waals surface area (Å²) in [5.41, 5.74) is 0. The summed E-state index contributed by atoms with van der Waals surface area (Å²) in [7, 11) is -3.14. The van der Waals surface area contributed by atoms with Crippen molar-refractivity contribution in [2.45, 2.75) is 18.1 Å². The van der Waals surface area contributed by atoms with Gasteiger partial charge in [-0.25, -0.2) is 8.42 Å². The maximum atomic E-state index is 11.4. The van der Waals surface area contributed by atoms with Crippen molar-refractivity contribution in [2.24, 2.45) is 0 Å². The fourth-order valence-electron chi connectivity index (χ4n) is 1.51.